The minimum atomic E-state index is -0.897. The fraction of sp³-hybridized carbons (Fsp3) is 0.250. The number of nitrogens with one attached hydrogen (secondary N) is 1. The van der Waals surface area contributed by atoms with Crippen LogP contribution in [0.5, 0.6) is 0 Å². The van der Waals surface area contributed by atoms with Gasteiger partial charge in [0.25, 0.3) is 0 Å². The Balaban J connectivity index is 1.91. The molecule has 0 bridgehead atoms. The van der Waals surface area contributed by atoms with Crippen LogP contribution in [0.3, 0.4) is 0 Å². The van der Waals surface area contributed by atoms with E-state index in [1.54, 1.807) is 12.1 Å². The summed E-state index contributed by atoms with van der Waals surface area (Å²) in [7, 11) is 0. The number of carboxylic acids is 1. The number of rotatable bonds is 5. The predicted octanol–water partition coefficient (Wildman–Crippen LogP) is 2.69. The molecule has 0 spiro atoms. The molecule has 0 aliphatic heterocycles. The summed E-state index contributed by atoms with van der Waals surface area (Å²) in [6.07, 6.45) is 1.89. The number of aromatic carboxylic acids is 1. The third-order valence-electron chi connectivity index (χ3n) is 3.20. The van der Waals surface area contributed by atoms with Gasteiger partial charge in [0.2, 0.25) is 0 Å². The smallest absolute Gasteiger partial charge is 0.335 e. The third kappa shape index (κ3) is 3.65. The molecule has 20 heavy (non-hydrogen) atoms. The first-order chi connectivity index (χ1) is 9.56. The molecule has 1 aromatic carbocycles. The van der Waals surface area contributed by atoms with E-state index in [-0.39, 0.29) is 0 Å². The van der Waals surface area contributed by atoms with Gasteiger partial charge < -0.3 is 10.4 Å². The lowest BCUT2D eigenvalue weighted by Crippen LogP contribution is -2.14. The van der Waals surface area contributed by atoms with E-state index in [4.69, 9.17) is 5.11 Å². The SMILES string of the molecule is Cc1cc(C)c(CNCc2ccc(C(=O)O)cc2)cn1. The zero-order chi connectivity index (χ0) is 14.5. The van der Waals surface area contributed by atoms with Crippen LogP contribution >= 0.6 is 0 Å². The summed E-state index contributed by atoms with van der Waals surface area (Å²) in [6.45, 7) is 5.51. The van der Waals surface area contributed by atoms with Gasteiger partial charge in [0.05, 0.1) is 5.56 Å². The Kier molecular flexibility index (Phi) is 4.48. The molecule has 2 rings (SSSR count). The van der Waals surface area contributed by atoms with Gasteiger partial charge in [0, 0.05) is 25.0 Å². The Morgan fingerprint density at radius 1 is 1.20 bits per heavy atom. The molecule has 0 atom stereocenters. The van der Waals surface area contributed by atoms with Gasteiger partial charge in [-0.15, -0.1) is 0 Å². The lowest BCUT2D eigenvalue weighted by atomic mass is 10.1. The van der Waals surface area contributed by atoms with Crippen molar-refractivity contribution < 1.29 is 9.90 Å². The minimum Gasteiger partial charge on any atom is -0.478 e. The van der Waals surface area contributed by atoms with Crippen molar-refractivity contribution in [3.05, 3.63) is 64.5 Å². The van der Waals surface area contributed by atoms with Crippen LogP contribution in [0.15, 0.2) is 36.5 Å². The van der Waals surface area contributed by atoms with Gasteiger partial charge in [-0.25, -0.2) is 4.79 Å². The second kappa shape index (κ2) is 6.30. The van der Waals surface area contributed by atoms with Gasteiger partial charge in [-0.1, -0.05) is 12.1 Å². The summed E-state index contributed by atoms with van der Waals surface area (Å²) in [4.78, 5) is 15.0. The van der Waals surface area contributed by atoms with Crippen molar-refractivity contribution >= 4 is 5.97 Å². The Hall–Kier alpha value is -2.20. The molecule has 0 aliphatic carbocycles. The summed E-state index contributed by atoms with van der Waals surface area (Å²) >= 11 is 0. The molecule has 0 radical (unpaired) electrons. The van der Waals surface area contributed by atoms with Crippen molar-refractivity contribution in [2.75, 3.05) is 0 Å². The van der Waals surface area contributed by atoms with Crippen LogP contribution < -0.4 is 5.32 Å². The molecule has 0 aliphatic rings. The van der Waals surface area contributed by atoms with Crippen LogP contribution in [-0.4, -0.2) is 16.1 Å². The molecular formula is C16H18N2O2. The predicted molar refractivity (Wildman–Crippen MR) is 77.7 cm³/mol. The summed E-state index contributed by atoms with van der Waals surface area (Å²) in [5.74, 6) is -0.897. The maximum atomic E-state index is 10.8. The molecule has 4 nitrogen and oxygen atoms in total. The number of carboxylic acid groups (broad SMARTS) is 1. The summed E-state index contributed by atoms with van der Waals surface area (Å²) in [6, 6.07) is 8.97. The fourth-order valence-electron chi connectivity index (χ4n) is 2.02. The highest BCUT2D eigenvalue weighted by Gasteiger charge is 2.02. The van der Waals surface area contributed by atoms with Gasteiger partial charge in [-0.05, 0) is 48.7 Å². The number of aryl methyl sites for hydroxylation is 2. The highest BCUT2D eigenvalue weighted by atomic mass is 16.4. The Morgan fingerprint density at radius 3 is 2.50 bits per heavy atom. The Morgan fingerprint density at radius 2 is 1.90 bits per heavy atom. The fourth-order valence-corrected chi connectivity index (χ4v) is 2.02. The van der Waals surface area contributed by atoms with Crippen LogP contribution in [0.1, 0.15) is 32.7 Å². The molecular weight excluding hydrogens is 252 g/mol. The Labute approximate surface area is 118 Å². The van der Waals surface area contributed by atoms with E-state index < -0.39 is 5.97 Å². The lowest BCUT2D eigenvalue weighted by molar-refractivity contribution is 0.0697. The molecule has 0 amide bonds. The number of hydrogen-bond acceptors (Lipinski definition) is 3. The van der Waals surface area contributed by atoms with Crippen molar-refractivity contribution in [3.63, 3.8) is 0 Å². The zero-order valence-electron chi connectivity index (χ0n) is 11.7. The van der Waals surface area contributed by atoms with Crippen LogP contribution in [0.25, 0.3) is 0 Å². The van der Waals surface area contributed by atoms with Crippen LogP contribution in [0, 0.1) is 13.8 Å². The molecule has 0 unspecified atom stereocenters. The third-order valence-corrected chi connectivity index (χ3v) is 3.20. The molecule has 0 fully saturated rings. The van der Waals surface area contributed by atoms with E-state index in [1.807, 2.05) is 25.3 Å². The van der Waals surface area contributed by atoms with Crippen molar-refractivity contribution in [1.82, 2.24) is 10.3 Å². The molecule has 0 saturated heterocycles. The summed E-state index contributed by atoms with van der Waals surface area (Å²) in [5.41, 5.74) is 4.81. The van der Waals surface area contributed by atoms with E-state index >= 15 is 0 Å². The maximum Gasteiger partial charge on any atom is 0.335 e. The van der Waals surface area contributed by atoms with E-state index in [9.17, 15) is 4.79 Å². The summed E-state index contributed by atoms with van der Waals surface area (Å²) in [5, 5.41) is 12.2. The van der Waals surface area contributed by atoms with Gasteiger partial charge in [0.15, 0.2) is 0 Å². The van der Waals surface area contributed by atoms with Gasteiger partial charge >= 0.3 is 5.97 Å². The second-order valence-electron chi connectivity index (χ2n) is 4.86. The van der Waals surface area contributed by atoms with E-state index in [1.165, 1.54) is 11.1 Å². The normalized spacial score (nSPS) is 10.5. The van der Waals surface area contributed by atoms with E-state index in [0.717, 1.165) is 17.8 Å². The average Bonchev–Trinajstić information content (AvgIpc) is 2.42. The zero-order valence-corrected chi connectivity index (χ0v) is 11.7. The second-order valence-corrected chi connectivity index (χ2v) is 4.86. The van der Waals surface area contributed by atoms with Crippen molar-refractivity contribution in [2.45, 2.75) is 26.9 Å². The minimum absolute atomic E-state index is 0.312. The van der Waals surface area contributed by atoms with E-state index in [0.29, 0.717) is 12.1 Å². The van der Waals surface area contributed by atoms with Crippen molar-refractivity contribution in [1.29, 1.82) is 0 Å². The molecule has 0 saturated carbocycles. The van der Waals surface area contributed by atoms with Crippen LogP contribution in [0.4, 0.5) is 0 Å². The monoisotopic (exact) mass is 270 g/mol. The molecule has 2 N–H and O–H groups in total. The topological polar surface area (TPSA) is 62.2 Å². The van der Waals surface area contributed by atoms with Crippen molar-refractivity contribution in [3.8, 4) is 0 Å². The standard InChI is InChI=1S/C16H18N2O2/c1-11-7-12(2)18-10-15(11)9-17-8-13-3-5-14(6-4-13)16(19)20/h3-7,10,17H,8-9H2,1-2H3,(H,19,20). The quantitative estimate of drug-likeness (QED) is 0.877. The molecule has 1 aromatic heterocycles. The number of nitrogens with zero attached hydrogens (tertiary/aromatic N) is 1. The highest BCUT2D eigenvalue weighted by molar-refractivity contribution is 5.87. The highest BCUT2D eigenvalue weighted by Crippen LogP contribution is 2.08. The molecule has 104 valence electrons. The van der Waals surface area contributed by atoms with Crippen LogP contribution in [-0.2, 0) is 13.1 Å². The molecule has 1 heterocycles. The molecule has 4 heteroatoms. The Bertz CT molecular complexity index is 606. The largest absolute Gasteiger partial charge is 0.478 e. The van der Waals surface area contributed by atoms with Gasteiger partial charge in [0.1, 0.15) is 0 Å². The van der Waals surface area contributed by atoms with E-state index in [2.05, 4.69) is 23.3 Å². The molecule has 2 aromatic rings. The number of benzene rings is 1. The van der Waals surface area contributed by atoms with Crippen LogP contribution in [0.2, 0.25) is 0 Å². The van der Waals surface area contributed by atoms with Crippen molar-refractivity contribution in [2.24, 2.45) is 0 Å². The summed E-state index contributed by atoms with van der Waals surface area (Å²) < 4.78 is 0. The first-order valence-electron chi connectivity index (χ1n) is 6.51. The number of aromatic nitrogens is 1. The average molecular weight is 270 g/mol. The number of hydrogen-bond donors (Lipinski definition) is 2. The van der Waals surface area contributed by atoms with Gasteiger partial charge in [-0.2, -0.15) is 0 Å². The maximum absolute atomic E-state index is 10.8. The lowest BCUT2D eigenvalue weighted by Gasteiger charge is -2.08. The first kappa shape index (κ1) is 14.2. The van der Waals surface area contributed by atoms with Gasteiger partial charge in [-0.3, -0.25) is 4.98 Å². The number of pyridine rings is 1. The first-order valence-corrected chi connectivity index (χ1v) is 6.51. The number of carbonyl (C=O) groups is 1.